The van der Waals surface area contributed by atoms with Crippen LogP contribution in [0.15, 0.2) is 55.1 Å². The molecule has 0 aliphatic rings. The van der Waals surface area contributed by atoms with Gasteiger partial charge in [0.1, 0.15) is 18.2 Å². The Hall–Kier alpha value is -3.61. The van der Waals surface area contributed by atoms with Crippen molar-refractivity contribution in [3.05, 3.63) is 77.4 Å². The SMILES string of the molecule is C=CCN(C(=O)CNC(=O)OC(C)(C)C)C(C(=O)Nc1c(C)cccc1C)c1ccccc1C. The van der Waals surface area contributed by atoms with Gasteiger partial charge < -0.3 is 20.3 Å². The summed E-state index contributed by atoms with van der Waals surface area (Å²) in [5, 5.41) is 5.50. The first kappa shape index (κ1) is 26.6. The molecule has 3 amide bonds. The number of alkyl carbamates (subject to hydrolysis) is 1. The Labute approximate surface area is 202 Å². The summed E-state index contributed by atoms with van der Waals surface area (Å²) >= 11 is 0. The molecule has 2 rings (SSSR count). The molecule has 0 aliphatic heterocycles. The number of nitrogens with one attached hydrogen (secondary N) is 2. The fourth-order valence-corrected chi connectivity index (χ4v) is 3.60. The number of hydrogen-bond donors (Lipinski definition) is 2. The van der Waals surface area contributed by atoms with Gasteiger partial charge in [0.15, 0.2) is 0 Å². The Bertz CT molecular complexity index is 1040. The third-order valence-electron chi connectivity index (χ3n) is 5.20. The van der Waals surface area contributed by atoms with E-state index in [0.717, 1.165) is 16.7 Å². The Balaban J connectivity index is 2.39. The van der Waals surface area contributed by atoms with Crippen LogP contribution in [0.4, 0.5) is 10.5 Å². The zero-order valence-electron chi connectivity index (χ0n) is 20.9. The van der Waals surface area contributed by atoms with Crippen LogP contribution in [0.25, 0.3) is 0 Å². The maximum atomic E-state index is 13.7. The third kappa shape index (κ3) is 7.20. The standard InChI is InChI=1S/C27H35N3O4/c1-8-16-30(22(31)17-28-26(33)34-27(5,6)7)24(21-15-10-9-12-18(21)2)25(32)29-23-19(3)13-11-14-20(23)4/h8-15,24H,1,16-17H2,2-7H3,(H,28,33)(H,29,32). The molecule has 34 heavy (non-hydrogen) atoms. The van der Waals surface area contributed by atoms with E-state index in [1.807, 2.05) is 63.2 Å². The number of benzene rings is 2. The number of hydrogen-bond acceptors (Lipinski definition) is 4. The van der Waals surface area contributed by atoms with Gasteiger partial charge in [-0.1, -0.05) is 48.5 Å². The number of amides is 3. The fraction of sp³-hybridized carbons (Fsp3) is 0.370. The molecule has 0 saturated heterocycles. The van der Waals surface area contributed by atoms with Gasteiger partial charge in [0.2, 0.25) is 5.91 Å². The van der Waals surface area contributed by atoms with Crippen LogP contribution in [0.2, 0.25) is 0 Å². The van der Waals surface area contributed by atoms with Gasteiger partial charge in [-0.2, -0.15) is 0 Å². The van der Waals surface area contributed by atoms with Crippen LogP contribution >= 0.6 is 0 Å². The predicted octanol–water partition coefficient (Wildman–Crippen LogP) is 4.83. The van der Waals surface area contributed by atoms with Crippen molar-refractivity contribution in [3.63, 3.8) is 0 Å². The summed E-state index contributed by atoms with van der Waals surface area (Å²) in [6.45, 7) is 14.5. The first-order chi connectivity index (χ1) is 15.9. The fourth-order valence-electron chi connectivity index (χ4n) is 3.60. The molecule has 1 unspecified atom stereocenters. The second kappa shape index (κ2) is 11.5. The number of nitrogens with zero attached hydrogens (tertiary/aromatic N) is 1. The van der Waals surface area contributed by atoms with Gasteiger partial charge >= 0.3 is 6.09 Å². The highest BCUT2D eigenvalue weighted by Crippen LogP contribution is 2.28. The van der Waals surface area contributed by atoms with Gasteiger partial charge in [-0.15, -0.1) is 6.58 Å². The minimum Gasteiger partial charge on any atom is -0.444 e. The highest BCUT2D eigenvalue weighted by atomic mass is 16.6. The van der Waals surface area contributed by atoms with Crippen LogP contribution in [0.3, 0.4) is 0 Å². The minimum absolute atomic E-state index is 0.119. The molecule has 7 nitrogen and oxygen atoms in total. The molecule has 0 radical (unpaired) electrons. The molecule has 2 aromatic carbocycles. The van der Waals surface area contributed by atoms with Crippen LogP contribution in [0, 0.1) is 20.8 Å². The van der Waals surface area contributed by atoms with E-state index in [2.05, 4.69) is 17.2 Å². The maximum absolute atomic E-state index is 13.7. The molecule has 0 heterocycles. The van der Waals surface area contributed by atoms with Crippen molar-refractivity contribution in [2.75, 3.05) is 18.4 Å². The first-order valence-electron chi connectivity index (χ1n) is 11.2. The van der Waals surface area contributed by atoms with Crippen molar-refractivity contribution in [1.29, 1.82) is 0 Å². The lowest BCUT2D eigenvalue weighted by molar-refractivity contribution is -0.137. The Morgan fingerprint density at radius 1 is 1.00 bits per heavy atom. The van der Waals surface area contributed by atoms with Crippen LogP contribution in [0.1, 0.15) is 49.1 Å². The smallest absolute Gasteiger partial charge is 0.408 e. The van der Waals surface area contributed by atoms with E-state index in [9.17, 15) is 14.4 Å². The van der Waals surface area contributed by atoms with Crippen LogP contribution < -0.4 is 10.6 Å². The van der Waals surface area contributed by atoms with E-state index in [4.69, 9.17) is 4.74 Å². The molecule has 0 aliphatic carbocycles. The van der Waals surface area contributed by atoms with E-state index in [0.29, 0.717) is 11.3 Å². The molecule has 7 heteroatoms. The van der Waals surface area contributed by atoms with E-state index in [1.54, 1.807) is 26.8 Å². The van der Waals surface area contributed by atoms with Gasteiger partial charge in [-0.25, -0.2) is 4.79 Å². The molecular formula is C27H35N3O4. The first-order valence-corrected chi connectivity index (χ1v) is 11.2. The van der Waals surface area contributed by atoms with Crippen molar-refractivity contribution in [2.45, 2.75) is 53.2 Å². The lowest BCUT2D eigenvalue weighted by atomic mass is 9.98. The molecular weight excluding hydrogens is 430 g/mol. The average molecular weight is 466 g/mol. The zero-order chi connectivity index (χ0) is 25.5. The second-order valence-electron chi connectivity index (χ2n) is 9.21. The van der Waals surface area contributed by atoms with E-state index in [1.165, 1.54) is 4.90 Å². The minimum atomic E-state index is -0.925. The summed E-state index contributed by atoms with van der Waals surface area (Å²) in [5.74, 6) is -0.783. The summed E-state index contributed by atoms with van der Waals surface area (Å²) in [6.07, 6.45) is 0.856. The monoisotopic (exact) mass is 465 g/mol. The Morgan fingerprint density at radius 2 is 1.59 bits per heavy atom. The molecule has 0 aromatic heterocycles. The molecule has 182 valence electrons. The molecule has 0 bridgehead atoms. The predicted molar refractivity (Wildman–Crippen MR) is 135 cm³/mol. The van der Waals surface area contributed by atoms with E-state index < -0.39 is 23.6 Å². The molecule has 2 N–H and O–H groups in total. The lowest BCUT2D eigenvalue weighted by Crippen LogP contribution is -2.46. The molecule has 0 fully saturated rings. The quantitative estimate of drug-likeness (QED) is 0.547. The number of carbonyl (C=O) groups excluding carboxylic acids is 3. The van der Waals surface area contributed by atoms with Gasteiger partial charge in [-0.3, -0.25) is 9.59 Å². The number of ether oxygens (including phenoxy) is 1. The van der Waals surface area contributed by atoms with Crippen molar-refractivity contribution in [2.24, 2.45) is 0 Å². The van der Waals surface area contributed by atoms with Crippen molar-refractivity contribution < 1.29 is 19.1 Å². The van der Waals surface area contributed by atoms with Crippen LogP contribution in [-0.2, 0) is 14.3 Å². The molecule has 0 saturated carbocycles. The molecule has 1 atom stereocenters. The Morgan fingerprint density at radius 3 is 2.15 bits per heavy atom. The van der Waals surface area contributed by atoms with Crippen LogP contribution in [-0.4, -0.2) is 41.5 Å². The van der Waals surface area contributed by atoms with Crippen LogP contribution in [0.5, 0.6) is 0 Å². The summed E-state index contributed by atoms with van der Waals surface area (Å²) < 4.78 is 5.22. The molecule has 0 spiro atoms. The summed E-state index contributed by atoms with van der Waals surface area (Å²) in [7, 11) is 0. The van der Waals surface area contributed by atoms with Gasteiger partial charge in [0.25, 0.3) is 5.91 Å². The maximum Gasteiger partial charge on any atom is 0.408 e. The summed E-state index contributed by atoms with van der Waals surface area (Å²) in [5.41, 5.74) is 3.42. The lowest BCUT2D eigenvalue weighted by Gasteiger charge is -2.32. The average Bonchev–Trinajstić information content (AvgIpc) is 2.74. The number of aryl methyl sites for hydroxylation is 3. The number of rotatable bonds is 8. The zero-order valence-corrected chi connectivity index (χ0v) is 20.9. The van der Waals surface area contributed by atoms with Gasteiger partial charge in [0.05, 0.1) is 0 Å². The topological polar surface area (TPSA) is 87.7 Å². The summed E-state index contributed by atoms with van der Waals surface area (Å²) in [4.78, 5) is 40.4. The highest BCUT2D eigenvalue weighted by Gasteiger charge is 2.32. The van der Waals surface area contributed by atoms with Crippen molar-refractivity contribution in [1.82, 2.24) is 10.2 Å². The van der Waals surface area contributed by atoms with E-state index >= 15 is 0 Å². The largest absolute Gasteiger partial charge is 0.444 e. The summed E-state index contributed by atoms with van der Waals surface area (Å²) in [6, 6.07) is 12.3. The van der Waals surface area contributed by atoms with E-state index in [-0.39, 0.29) is 19.0 Å². The highest BCUT2D eigenvalue weighted by molar-refractivity contribution is 5.99. The van der Waals surface area contributed by atoms with Crippen molar-refractivity contribution in [3.8, 4) is 0 Å². The number of carbonyl (C=O) groups is 3. The molecule has 2 aromatic rings. The van der Waals surface area contributed by atoms with Gasteiger partial charge in [-0.05, 0) is 63.8 Å². The van der Waals surface area contributed by atoms with Crippen molar-refractivity contribution >= 4 is 23.6 Å². The third-order valence-corrected chi connectivity index (χ3v) is 5.20. The number of para-hydroxylation sites is 1. The normalized spacial score (nSPS) is 11.8. The number of anilines is 1. The van der Waals surface area contributed by atoms with Gasteiger partial charge in [0, 0.05) is 12.2 Å². The second-order valence-corrected chi connectivity index (χ2v) is 9.21. The Kier molecular flexibility index (Phi) is 9.01.